The van der Waals surface area contributed by atoms with Gasteiger partial charge in [0.15, 0.2) is 11.5 Å². The first kappa shape index (κ1) is 18.5. The largest absolute Gasteiger partial charge is 0.493 e. The first-order chi connectivity index (χ1) is 12.6. The Labute approximate surface area is 164 Å². The second-order valence-electron chi connectivity index (χ2n) is 5.42. The van der Waals surface area contributed by atoms with Gasteiger partial charge in [0.2, 0.25) is 5.95 Å². The van der Waals surface area contributed by atoms with Crippen molar-refractivity contribution in [1.29, 1.82) is 0 Å². The van der Waals surface area contributed by atoms with E-state index in [0.717, 1.165) is 15.6 Å². The fraction of sp³-hybridized carbons (Fsp3) is 0.235. The maximum Gasteiger partial charge on any atom is 0.242 e. The van der Waals surface area contributed by atoms with Crippen molar-refractivity contribution in [2.75, 3.05) is 12.4 Å². The summed E-state index contributed by atoms with van der Waals surface area (Å²) in [5.41, 5.74) is 1.78. The van der Waals surface area contributed by atoms with E-state index in [4.69, 9.17) is 21.1 Å². The first-order valence-electron chi connectivity index (χ1n) is 7.78. The van der Waals surface area contributed by atoms with Crippen LogP contribution in [-0.4, -0.2) is 27.3 Å². The van der Waals surface area contributed by atoms with Gasteiger partial charge in [-0.25, -0.2) is 4.68 Å². The van der Waals surface area contributed by atoms with Crippen molar-refractivity contribution >= 4 is 33.5 Å². The van der Waals surface area contributed by atoms with E-state index in [2.05, 4.69) is 36.8 Å². The lowest BCUT2D eigenvalue weighted by molar-refractivity contribution is 0.281. The summed E-state index contributed by atoms with van der Waals surface area (Å²) in [5.74, 6) is 1.81. The molecule has 26 heavy (non-hydrogen) atoms. The lowest BCUT2D eigenvalue weighted by Crippen LogP contribution is -2.09. The summed E-state index contributed by atoms with van der Waals surface area (Å²) in [4.78, 5) is 0. The van der Waals surface area contributed by atoms with E-state index in [1.54, 1.807) is 18.8 Å². The molecule has 0 spiro atoms. The van der Waals surface area contributed by atoms with Gasteiger partial charge in [0.25, 0.3) is 0 Å². The number of hydrogen-bond acceptors (Lipinski definition) is 6. The lowest BCUT2D eigenvalue weighted by atomic mass is 10.1. The number of halogens is 2. The van der Waals surface area contributed by atoms with Crippen LogP contribution < -0.4 is 14.8 Å². The van der Waals surface area contributed by atoms with E-state index in [1.165, 1.54) is 0 Å². The highest BCUT2D eigenvalue weighted by Crippen LogP contribution is 2.37. The van der Waals surface area contributed by atoms with Gasteiger partial charge >= 0.3 is 0 Å². The van der Waals surface area contributed by atoms with Crippen molar-refractivity contribution in [3.8, 4) is 11.5 Å². The normalized spacial score (nSPS) is 10.6. The predicted octanol–water partition coefficient (Wildman–Crippen LogP) is 3.83. The van der Waals surface area contributed by atoms with Crippen LogP contribution in [0.15, 0.2) is 40.9 Å². The van der Waals surface area contributed by atoms with E-state index in [0.29, 0.717) is 35.6 Å². The summed E-state index contributed by atoms with van der Waals surface area (Å²) < 4.78 is 14.0. The minimum absolute atomic E-state index is 0.324. The van der Waals surface area contributed by atoms with Crippen molar-refractivity contribution < 1.29 is 9.47 Å². The predicted molar refractivity (Wildman–Crippen MR) is 103 cm³/mol. The van der Waals surface area contributed by atoms with Gasteiger partial charge < -0.3 is 14.8 Å². The summed E-state index contributed by atoms with van der Waals surface area (Å²) in [6, 6.07) is 11.3. The van der Waals surface area contributed by atoms with E-state index in [-0.39, 0.29) is 0 Å². The molecule has 0 saturated carbocycles. The minimum Gasteiger partial charge on any atom is -0.493 e. The highest BCUT2D eigenvalue weighted by atomic mass is 79.9. The molecule has 0 atom stereocenters. The second-order valence-corrected chi connectivity index (χ2v) is 6.68. The molecule has 1 aromatic heterocycles. The van der Waals surface area contributed by atoms with Gasteiger partial charge in [-0.3, -0.25) is 0 Å². The molecule has 1 N–H and O–H groups in total. The summed E-state index contributed by atoms with van der Waals surface area (Å²) in [7, 11) is 3.37. The average Bonchev–Trinajstić information content (AvgIpc) is 3.05. The molecule has 2 aromatic carbocycles. The molecule has 0 fully saturated rings. The standard InChI is InChI=1S/C17H17BrClN5O2/c1-24-17(21-22-23-24)20-9-12-13(18)7-8-15(25-2)16(12)26-10-11-5-3-4-6-14(11)19/h3-8H,9-10H2,1-2H3,(H,20,21,23). The van der Waals surface area contributed by atoms with E-state index in [9.17, 15) is 0 Å². The van der Waals surface area contributed by atoms with Gasteiger partial charge in [-0.2, -0.15) is 0 Å². The van der Waals surface area contributed by atoms with Gasteiger partial charge in [-0.1, -0.05) is 50.8 Å². The van der Waals surface area contributed by atoms with Crippen LogP contribution >= 0.6 is 27.5 Å². The number of nitrogens with one attached hydrogen (secondary N) is 1. The molecule has 0 amide bonds. The molecule has 1 heterocycles. The molecule has 3 aromatic rings. The van der Waals surface area contributed by atoms with E-state index < -0.39 is 0 Å². The third-order valence-electron chi connectivity index (χ3n) is 3.76. The summed E-state index contributed by atoms with van der Waals surface area (Å²) in [5, 5.41) is 15.2. The molecule has 3 rings (SSSR count). The Hall–Kier alpha value is -2.32. The number of anilines is 1. The first-order valence-corrected chi connectivity index (χ1v) is 8.95. The topological polar surface area (TPSA) is 74.1 Å². The monoisotopic (exact) mass is 437 g/mol. The van der Waals surface area contributed by atoms with Crippen molar-refractivity contribution in [2.24, 2.45) is 7.05 Å². The Balaban J connectivity index is 1.85. The molecule has 0 saturated heterocycles. The van der Waals surface area contributed by atoms with Crippen LogP contribution in [0.5, 0.6) is 11.5 Å². The minimum atomic E-state index is 0.324. The maximum atomic E-state index is 6.22. The Bertz CT molecular complexity index is 903. The van der Waals surface area contributed by atoms with Crippen LogP contribution in [0.4, 0.5) is 5.95 Å². The summed E-state index contributed by atoms with van der Waals surface area (Å²) in [6.07, 6.45) is 0. The molecule has 0 bridgehead atoms. The van der Waals surface area contributed by atoms with Crippen LogP contribution in [0.25, 0.3) is 0 Å². The third kappa shape index (κ3) is 4.08. The third-order valence-corrected chi connectivity index (χ3v) is 4.87. The smallest absolute Gasteiger partial charge is 0.242 e. The van der Waals surface area contributed by atoms with Gasteiger partial charge in [0.1, 0.15) is 6.61 Å². The van der Waals surface area contributed by atoms with Crippen LogP contribution in [-0.2, 0) is 20.2 Å². The Kier molecular flexibility index (Phi) is 5.95. The van der Waals surface area contributed by atoms with Crippen LogP contribution in [0, 0.1) is 0 Å². The number of hydrogen-bond donors (Lipinski definition) is 1. The quantitative estimate of drug-likeness (QED) is 0.604. The molecule has 136 valence electrons. The Morgan fingerprint density at radius 2 is 2.04 bits per heavy atom. The van der Waals surface area contributed by atoms with Gasteiger partial charge in [0, 0.05) is 34.2 Å². The number of nitrogens with zero attached hydrogens (tertiary/aromatic N) is 4. The van der Waals surface area contributed by atoms with Crippen molar-refractivity contribution in [1.82, 2.24) is 20.2 Å². The van der Waals surface area contributed by atoms with Crippen molar-refractivity contribution in [3.05, 3.63) is 57.0 Å². The Morgan fingerprint density at radius 3 is 2.73 bits per heavy atom. The molecule has 7 nitrogen and oxygen atoms in total. The number of aryl methyl sites for hydroxylation is 1. The molecule has 0 aliphatic heterocycles. The molecule has 9 heteroatoms. The van der Waals surface area contributed by atoms with Gasteiger partial charge in [-0.15, -0.1) is 0 Å². The van der Waals surface area contributed by atoms with Crippen LogP contribution in [0.3, 0.4) is 0 Å². The number of ether oxygens (including phenoxy) is 2. The highest BCUT2D eigenvalue weighted by Gasteiger charge is 2.16. The highest BCUT2D eigenvalue weighted by molar-refractivity contribution is 9.10. The zero-order valence-corrected chi connectivity index (χ0v) is 16.6. The van der Waals surface area contributed by atoms with Crippen molar-refractivity contribution in [3.63, 3.8) is 0 Å². The summed E-state index contributed by atoms with van der Waals surface area (Å²) in [6.45, 7) is 0.773. The van der Waals surface area contributed by atoms with Crippen LogP contribution in [0.1, 0.15) is 11.1 Å². The molecule has 0 aliphatic carbocycles. The number of benzene rings is 2. The number of tetrazole rings is 1. The maximum absolute atomic E-state index is 6.22. The fourth-order valence-electron chi connectivity index (χ4n) is 2.38. The summed E-state index contributed by atoms with van der Waals surface area (Å²) >= 11 is 9.80. The van der Waals surface area contributed by atoms with Gasteiger partial charge in [-0.05, 0) is 28.6 Å². The molecule has 0 radical (unpaired) electrons. The molecular weight excluding hydrogens is 422 g/mol. The zero-order chi connectivity index (χ0) is 18.5. The number of rotatable bonds is 7. The molecule has 0 aliphatic rings. The van der Waals surface area contributed by atoms with E-state index >= 15 is 0 Å². The second kappa shape index (κ2) is 8.37. The lowest BCUT2D eigenvalue weighted by Gasteiger charge is -2.17. The zero-order valence-electron chi connectivity index (χ0n) is 14.2. The fourth-order valence-corrected chi connectivity index (χ4v) is 3.02. The number of methoxy groups -OCH3 is 1. The molecular formula is C17H17BrClN5O2. The SMILES string of the molecule is COc1ccc(Br)c(CNc2nnnn2C)c1OCc1ccccc1Cl. The van der Waals surface area contributed by atoms with Crippen molar-refractivity contribution in [2.45, 2.75) is 13.2 Å². The van der Waals surface area contributed by atoms with E-state index in [1.807, 2.05) is 36.4 Å². The Morgan fingerprint density at radius 1 is 1.23 bits per heavy atom. The number of aromatic nitrogens is 4. The average molecular weight is 439 g/mol. The molecule has 0 unspecified atom stereocenters. The van der Waals surface area contributed by atoms with Gasteiger partial charge in [0.05, 0.1) is 7.11 Å². The van der Waals surface area contributed by atoms with Crippen LogP contribution in [0.2, 0.25) is 5.02 Å².